The van der Waals surface area contributed by atoms with Crippen molar-refractivity contribution >= 4 is 0 Å². The van der Waals surface area contributed by atoms with E-state index in [2.05, 4.69) is 5.32 Å². The topological polar surface area (TPSA) is 12.0 Å². The van der Waals surface area contributed by atoms with Gasteiger partial charge in [-0.05, 0) is 31.5 Å². The average Bonchev–Trinajstić information content (AvgIpc) is 2.29. The van der Waals surface area contributed by atoms with Crippen molar-refractivity contribution in [3.63, 3.8) is 0 Å². The van der Waals surface area contributed by atoms with Gasteiger partial charge in [-0.2, -0.15) is 8.78 Å². The van der Waals surface area contributed by atoms with Crippen LogP contribution in [0.5, 0.6) is 0 Å². The Kier molecular flexibility index (Phi) is 4.73. The number of halogens is 4. The zero-order chi connectivity index (χ0) is 13.9. The highest BCUT2D eigenvalue weighted by molar-refractivity contribution is 5.34. The van der Waals surface area contributed by atoms with Gasteiger partial charge < -0.3 is 5.32 Å². The van der Waals surface area contributed by atoms with Gasteiger partial charge in [0, 0.05) is 0 Å². The van der Waals surface area contributed by atoms with Crippen LogP contribution in [0.3, 0.4) is 0 Å². The number of nitrogens with one attached hydrogen (secondary N) is 1. The Balaban J connectivity index is 3.23. The molecule has 0 aliphatic heterocycles. The summed E-state index contributed by atoms with van der Waals surface area (Å²) in [5, 5.41) is 2.46. The highest BCUT2D eigenvalue weighted by Crippen LogP contribution is 2.38. The second-order valence-corrected chi connectivity index (χ2v) is 4.33. The predicted octanol–water partition coefficient (Wildman–Crippen LogP) is 3.85. The highest BCUT2D eigenvalue weighted by atomic mass is 19.3. The summed E-state index contributed by atoms with van der Waals surface area (Å²) in [6.07, 6.45) is -3.69. The summed E-state index contributed by atoms with van der Waals surface area (Å²) < 4.78 is 52.2. The summed E-state index contributed by atoms with van der Waals surface area (Å²) in [7, 11) is 0. The van der Waals surface area contributed by atoms with Crippen LogP contribution in [-0.4, -0.2) is 18.9 Å². The van der Waals surface area contributed by atoms with Gasteiger partial charge in [0.25, 0.3) is 0 Å². The predicted molar refractivity (Wildman–Crippen MR) is 63.3 cm³/mol. The van der Waals surface area contributed by atoms with Crippen LogP contribution in [0.4, 0.5) is 17.6 Å². The minimum atomic E-state index is -4.09. The van der Waals surface area contributed by atoms with Crippen molar-refractivity contribution in [1.29, 1.82) is 0 Å². The maximum atomic E-state index is 13.6. The van der Waals surface area contributed by atoms with Crippen LogP contribution in [0.1, 0.15) is 29.7 Å². The first-order valence-corrected chi connectivity index (χ1v) is 5.77. The fourth-order valence-electron chi connectivity index (χ4n) is 1.85. The first-order valence-electron chi connectivity index (χ1n) is 5.77. The third-order valence-electron chi connectivity index (χ3n) is 2.83. The molecule has 1 aromatic rings. The first kappa shape index (κ1) is 15.0. The fourth-order valence-corrected chi connectivity index (χ4v) is 1.85. The van der Waals surface area contributed by atoms with Gasteiger partial charge in [-0.25, -0.2) is 8.78 Å². The molecule has 0 heterocycles. The lowest BCUT2D eigenvalue weighted by Crippen LogP contribution is -2.42. The van der Waals surface area contributed by atoms with Gasteiger partial charge in [0.2, 0.25) is 0 Å². The molecular formula is C13H17F4N. The van der Waals surface area contributed by atoms with Crippen LogP contribution in [0.2, 0.25) is 0 Å². The summed E-state index contributed by atoms with van der Waals surface area (Å²) in [5.41, 5.74) is 1.57. The van der Waals surface area contributed by atoms with Crippen LogP contribution in [0, 0.1) is 13.8 Å². The zero-order valence-electron chi connectivity index (χ0n) is 10.6. The Morgan fingerprint density at radius 1 is 1.22 bits per heavy atom. The molecule has 0 aromatic heterocycles. The average molecular weight is 263 g/mol. The third kappa shape index (κ3) is 3.02. The van der Waals surface area contributed by atoms with Gasteiger partial charge in [-0.1, -0.05) is 30.7 Å². The highest BCUT2D eigenvalue weighted by Gasteiger charge is 2.49. The standard InChI is InChI=1S/C13H17F4N/c1-4-18-11(13(16,17)12(14)15)10-7-8(2)5-6-9(10)3/h5-7,11-12,18H,4H2,1-3H3. The van der Waals surface area contributed by atoms with Crippen LogP contribution < -0.4 is 5.32 Å². The number of hydrogen-bond donors (Lipinski definition) is 1. The Bertz CT molecular complexity index is 404. The van der Waals surface area contributed by atoms with E-state index in [1.165, 1.54) is 6.07 Å². The largest absolute Gasteiger partial charge is 0.326 e. The van der Waals surface area contributed by atoms with Crippen molar-refractivity contribution in [2.45, 2.75) is 39.2 Å². The molecule has 0 amide bonds. The van der Waals surface area contributed by atoms with Gasteiger partial charge >= 0.3 is 12.3 Å². The second-order valence-electron chi connectivity index (χ2n) is 4.33. The summed E-state index contributed by atoms with van der Waals surface area (Å²) in [6, 6.07) is 3.29. The summed E-state index contributed by atoms with van der Waals surface area (Å²) in [5.74, 6) is -4.09. The third-order valence-corrected chi connectivity index (χ3v) is 2.83. The number of alkyl halides is 4. The molecule has 0 aliphatic carbocycles. The molecule has 0 fully saturated rings. The molecule has 1 N–H and O–H groups in total. The fraction of sp³-hybridized carbons (Fsp3) is 0.538. The molecule has 0 spiro atoms. The Morgan fingerprint density at radius 2 is 1.83 bits per heavy atom. The molecular weight excluding hydrogens is 246 g/mol. The Morgan fingerprint density at radius 3 is 2.33 bits per heavy atom. The van der Waals surface area contributed by atoms with Crippen molar-refractivity contribution < 1.29 is 17.6 Å². The number of aryl methyl sites for hydroxylation is 2. The molecule has 0 saturated carbocycles. The Hall–Kier alpha value is -1.10. The minimum Gasteiger partial charge on any atom is -0.305 e. The van der Waals surface area contributed by atoms with Gasteiger partial charge in [0.1, 0.15) is 6.04 Å². The summed E-state index contributed by atoms with van der Waals surface area (Å²) in [4.78, 5) is 0. The van der Waals surface area contributed by atoms with Crippen LogP contribution in [-0.2, 0) is 0 Å². The maximum absolute atomic E-state index is 13.6. The first-order chi connectivity index (χ1) is 8.30. The molecule has 0 bridgehead atoms. The normalized spacial score (nSPS) is 14.0. The van der Waals surface area contributed by atoms with Crippen molar-refractivity contribution in [2.75, 3.05) is 6.54 Å². The molecule has 1 aromatic carbocycles. The number of rotatable bonds is 5. The lowest BCUT2D eigenvalue weighted by atomic mass is 9.94. The van der Waals surface area contributed by atoms with E-state index < -0.39 is 18.4 Å². The van der Waals surface area contributed by atoms with E-state index in [0.29, 0.717) is 5.56 Å². The molecule has 0 saturated heterocycles. The molecule has 18 heavy (non-hydrogen) atoms. The van der Waals surface area contributed by atoms with Crippen LogP contribution in [0.15, 0.2) is 18.2 Å². The van der Waals surface area contributed by atoms with Crippen LogP contribution >= 0.6 is 0 Å². The second kappa shape index (κ2) is 5.69. The summed E-state index contributed by atoms with van der Waals surface area (Å²) >= 11 is 0. The smallest absolute Gasteiger partial charge is 0.305 e. The minimum absolute atomic E-state index is 0.195. The van der Waals surface area contributed by atoms with E-state index >= 15 is 0 Å². The van der Waals surface area contributed by atoms with Gasteiger partial charge in [-0.15, -0.1) is 0 Å². The van der Waals surface area contributed by atoms with E-state index in [4.69, 9.17) is 0 Å². The quantitative estimate of drug-likeness (QED) is 0.795. The van der Waals surface area contributed by atoms with Crippen LogP contribution in [0.25, 0.3) is 0 Å². The number of hydrogen-bond acceptors (Lipinski definition) is 1. The Labute approximate surface area is 104 Å². The van der Waals surface area contributed by atoms with E-state index in [1.54, 1.807) is 32.9 Å². The van der Waals surface area contributed by atoms with Crippen molar-refractivity contribution in [3.8, 4) is 0 Å². The molecule has 1 atom stereocenters. The molecule has 1 rings (SSSR count). The number of benzene rings is 1. The maximum Gasteiger partial charge on any atom is 0.326 e. The summed E-state index contributed by atoms with van der Waals surface area (Å²) in [6.45, 7) is 5.19. The van der Waals surface area contributed by atoms with Gasteiger partial charge in [-0.3, -0.25) is 0 Å². The SMILES string of the molecule is CCNC(c1cc(C)ccc1C)C(F)(F)C(F)F. The van der Waals surface area contributed by atoms with E-state index in [1.807, 2.05) is 0 Å². The van der Waals surface area contributed by atoms with Crippen molar-refractivity contribution in [3.05, 3.63) is 34.9 Å². The van der Waals surface area contributed by atoms with Crippen molar-refractivity contribution in [1.82, 2.24) is 5.32 Å². The van der Waals surface area contributed by atoms with Crippen molar-refractivity contribution in [2.24, 2.45) is 0 Å². The molecule has 1 unspecified atom stereocenters. The lowest BCUT2D eigenvalue weighted by molar-refractivity contribution is -0.151. The molecule has 0 aliphatic rings. The zero-order valence-corrected chi connectivity index (χ0v) is 10.6. The monoisotopic (exact) mass is 263 g/mol. The molecule has 0 radical (unpaired) electrons. The van der Waals surface area contributed by atoms with Gasteiger partial charge in [0.15, 0.2) is 0 Å². The van der Waals surface area contributed by atoms with E-state index in [0.717, 1.165) is 5.56 Å². The molecule has 5 heteroatoms. The van der Waals surface area contributed by atoms with Gasteiger partial charge in [0.05, 0.1) is 0 Å². The van der Waals surface area contributed by atoms with E-state index in [-0.39, 0.29) is 12.1 Å². The molecule has 1 nitrogen and oxygen atoms in total. The molecule has 102 valence electrons. The van der Waals surface area contributed by atoms with E-state index in [9.17, 15) is 17.6 Å². The lowest BCUT2D eigenvalue weighted by Gasteiger charge is -2.28.